The predicted octanol–water partition coefficient (Wildman–Crippen LogP) is 1.29. The molecular formula is C12H20N4O2. The molecule has 0 bridgehead atoms. The van der Waals surface area contributed by atoms with E-state index in [9.17, 15) is 4.79 Å². The van der Waals surface area contributed by atoms with E-state index in [1.54, 1.807) is 11.0 Å². The number of rotatable bonds is 3. The van der Waals surface area contributed by atoms with E-state index in [1.807, 2.05) is 0 Å². The highest BCUT2D eigenvalue weighted by molar-refractivity contribution is 5.84. The van der Waals surface area contributed by atoms with Crippen LogP contribution in [0, 0.1) is 0 Å². The average molecular weight is 252 g/mol. The molecule has 0 unspecified atom stereocenters. The van der Waals surface area contributed by atoms with Crippen LogP contribution >= 0.6 is 0 Å². The van der Waals surface area contributed by atoms with Crippen molar-refractivity contribution in [3.63, 3.8) is 0 Å². The highest BCUT2D eigenvalue weighted by atomic mass is 16.5. The molecule has 1 fully saturated rings. The van der Waals surface area contributed by atoms with Crippen molar-refractivity contribution in [1.29, 1.82) is 0 Å². The van der Waals surface area contributed by atoms with Crippen molar-refractivity contribution in [2.24, 2.45) is 0 Å². The molecule has 1 aliphatic rings. The Hall–Kier alpha value is -1.43. The number of hydrogen-bond acceptors (Lipinski definition) is 5. The number of carbonyl (C=O) groups is 1. The summed E-state index contributed by atoms with van der Waals surface area (Å²) in [5, 5.41) is 4.12. The number of carbonyl (C=O) groups excluding carboxylic acids is 1. The largest absolute Gasteiger partial charge is 0.463 e. The van der Waals surface area contributed by atoms with Gasteiger partial charge in [-0.15, -0.1) is 5.10 Å². The summed E-state index contributed by atoms with van der Waals surface area (Å²) in [5.41, 5.74) is 0. The second-order valence-electron chi connectivity index (χ2n) is 4.63. The fourth-order valence-electron chi connectivity index (χ4n) is 2.21. The standard InChI is InChI=1S/C12H20N4O2/c1-18-12(17)11-13-9-16(14-11)10-15-7-5-3-2-4-6-8-15/h9H,2-8,10H2,1H3. The molecule has 0 aromatic carbocycles. The summed E-state index contributed by atoms with van der Waals surface area (Å²) in [4.78, 5) is 17.5. The van der Waals surface area contributed by atoms with Gasteiger partial charge in [-0.3, -0.25) is 4.90 Å². The van der Waals surface area contributed by atoms with E-state index in [2.05, 4.69) is 19.7 Å². The molecule has 6 heteroatoms. The van der Waals surface area contributed by atoms with Gasteiger partial charge in [-0.05, 0) is 25.9 Å². The van der Waals surface area contributed by atoms with Gasteiger partial charge in [0.2, 0.25) is 0 Å². The number of aromatic nitrogens is 3. The molecule has 2 rings (SSSR count). The van der Waals surface area contributed by atoms with E-state index in [4.69, 9.17) is 0 Å². The highest BCUT2D eigenvalue weighted by Crippen LogP contribution is 2.10. The van der Waals surface area contributed by atoms with E-state index >= 15 is 0 Å². The number of methoxy groups -OCH3 is 1. The number of ether oxygens (including phenoxy) is 1. The van der Waals surface area contributed by atoms with Gasteiger partial charge in [0.05, 0.1) is 13.8 Å². The van der Waals surface area contributed by atoms with Crippen LogP contribution in [0.25, 0.3) is 0 Å². The number of nitrogens with zero attached hydrogens (tertiary/aromatic N) is 4. The van der Waals surface area contributed by atoms with Crippen LogP contribution in [0.15, 0.2) is 6.33 Å². The third kappa shape index (κ3) is 3.53. The van der Waals surface area contributed by atoms with Crippen molar-refractivity contribution in [3.8, 4) is 0 Å². The molecule has 1 saturated heterocycles. The maximum absolute atomic E-state index is 11.2. The first-order valence-corrected chi connectivity index (χ1v) is 6.50. The summed E-state index contributed by atoms with van der Waals surface area (Å²) in [6, 6.07) is 0. The lowest BCUT2D eigenvalue weighted by molar-refractivity contribution is 0.0585. The second kappa shape index (κ2) is 6.49. The first-order valence-electron chi connectivity index (χ1n) is 6.50. The molecular weight excluding hydrogens is 232 g/mol. The lowest BCUT2D eigenvalue weighted by Crippen LogP contribution is -2.30. The molecule has 0 N–H and O–H groups in total. The van der Waals surface area contributed by atoms with Gasteiger partial charge in [0, 0.05) is 0 Å². The first kappa shape index (κ1) is 13.0. The quantitative estimate of drug-likeness (QED) is 0.759. The zero-order valence-electron chi connectivity index (χ0n) is 10.8. The Morgan fingerprint density at radius 3 is 2.61 bits per heavy atom. The van der Waals surface area contributed by atoms with Crippen LogP contribution in [0.3, 0.4) is 0 Å². The van der Waals surface area contributed by atoms with E-state index in [0.29, 0.717) is 6.67 Å². The monoisotopic (exact) mass is 252 g/mol. The van der Waals surface area contributed by atoms with E-state index in [0.717, 1.165) is 13.1 Å². The zero-order valence-corrected chi connectivity index (χ0v) is 10.8. The van der Waals surface area contributed by atoms with Crippen molar-refractivity contribution < 1.29 is 9.53 Å². The summed E-state index contributed by atoms with van der Waals surface area (Å²) in [7, 11) is 1.33. The average Bonchev–Trinajstić information content (AvgIpc) is 2.80. The SMILES string of the molecule is COC(=O)c1ncn(CN2CCCCCCC2)n1. The molecule has 2 heterocycles. The Balaban J connectivity index is 1.91. The van der Waals surface area contributed by atoms with Gasteiger partial charge in [0.15, 0.2) is 0 Å². The number of esters is 1. The normalized spacial score (nSPS) is 18.1. The van der Waals surface area contributed by atoms with Gasteiger partial charge in [-0.2, -0.15) is 0 Å². The molecule has 1 aromatic rings. The molecule has 0 aliphatic carbocycles. The number of hydrogen-bond donors (Lipinski definition) is 0. The van der Waals surface area contributed by atoms with Gasteiger partial charge >= 0.3 is 5.97 Å². The fourth-order valence-corrected chi connectivity index (χ4v) is 2.21. The Labute approximate surface area is 107 Å². The van der Waals surface area contributed by atoms with Crippen LogP contribution < -0.4 is 0 Å². The van der Waals surface area contributed by atoms with Crippen LogP contribution in [0.5, 0.6) is 0 Å². The van der Waals surface area contributed by atoms with E-state index in [-0.39, 0.29) is 5.82 Å². The summed E-state index contributed by atoms with van der Waals surface area (Å²) >= 11 is 0. The summed E-state index contributed by atoms with van der Waals surface area (Å²) < 4.78 is 6.29. The molecule has 0 amide bonds. The van der Waals surface area contributed by atoms with Gasteiger partial charge in [0.25, 0.3) is 5.82 Å². The molecule has 0 spiro atoms. The van der Waals surface area contributed by atoms with Crippen LogP contribution in [-0.4, -0.2) is 45.8 Å². The third-order valence-corrected chi connectivity index (χ3v) is 3.20. The molecule has 18 heavy (non-hydrogen) atoms. The zero-order chi connectivity index (χ0) is 12.8. The van der Waals surface area contributed by atoms with E-state index < -0.39 is 5.97 Å². The van der Waals surface area contributed by atoms with Crippen LogP contribution in [0.2, 0.25) is 0 Å². The molecule has 100 valence electrons. The maximum atomic E-state index is 11.2. The lowest BCUT2D eigenvalue weighted by Gasteiger charge is -2.23. The predicted molar refractivity (Wildman–Crippen MR) is 66.0 cm³/mol. The minimum absolute atomic E-state index is 0.129. The highest BCUT2D eigenvalue weighted by Gasteiger charge is 2.13. The van der Waals surface area contributed by atoms with Gasteiger partial charge < -0.3 is 4.74 Å². The minimum Gasteiger partial charge on any atom is -0.463 e. The molecule has 0 atom stereocenters. The van der Waals surface area contributed by atoms with Crippen molar-refractivity contribution in [2.75, 3.05) is 20.2 Å². The lowest BCUT2D eigenvalue weighted by atomic mass is 10.1. The Bertz CT molecular complexity index is 383. The minimum atomic E-state index is -0.485. The second-order valence-corrected chi connectivity index (χ2v) is 4.63. The van der Waals surface area contributed by atoms with Crippen LogP contribution in [0.1, 0.15) is 42.7 Å². The van der Waals surface area contributed by atoms with Crippen molar-refractivity contribution in [1.82, 2.24) is 19.7 Å². The summed E-state index contributed by atoms with van der Waals surface area (Å²) in [6.07, 6.45) is 8.02. The smallest absolute Gasteiger partial charge is 0.377 e. The summed E-state index contributed by atoms with van der Waals surface area (Å²) in [5.74, 6) is -0.356. The number of likely N-dealkylation sites (tertiary alicyclic amines) is 1. The third-order valence-electron chi connectivity index (χ3n) is 3.20. The molecule has 1 aromatic heterocycles. The van der Waals surface area contributed by atoms with Crippen LogP contribution in [0.4, 0.5) is 0 Å². The summed E-state index contributed by atoms with van der Waals surface area (Å²) in [6.45, 7) is 2.88. The Morgan fingerprint density at radius 1 is 1.28 bits per heavy atom. The molecule has 0 saturated carbocycles. The molecule has 0 radical (unpaired) electrons. The maximum Gasteiger partial charge on any atom is 0.377 e. The Kier molecular flexibility index (Phi) is 4.69. The van der Waals surface area contributed by atoms with E-state index in [1.165, 1.54) is 39.2 Å². The molecule has 1 aliphatic heterocycles. The van der Waals surface area contributed by atoms with Crippen molar-refractivity contribution in [2.45, 2.75) is 38.8 Å². The topological polar surface area (TPSA) is 60.2 Å². The Morgan fingerprint density at radius 2 is 1.94 bits per heavy atom. The van der Waals surface area contributed by atoms with Crippen LogP contribution in [-0.2, 0) is 11.4 Å². The van der Waals surface area contributed by atoms with Gasteiger partial charge in [0.1, 0.15) is 6.33 Å². The van der Waals surface area contributed by atoms with Gasteiger partial charge in [-0.1, -0.05) is 19.3 Å². The first-order chi connectivity index (χ1) is 8.79. The van der Waals surface area contributed by atoms with Crippen molar-refractivity contribution in [3.05, 3.63) is 12.2 Å². The molecule has 6 nitrogen and oxygen atoms in total. The van der Waals surface area contributed by atoms with Gasteiger partial charge in [-0.25, -0.2) is 14.5 Å². The fraction of sp³-hybridized carbons (Fsp3) is 0.750. The van der Waals surface area contributed by atoms with Crippen molar-refractivity contribution >= 4 is 5.97 Å².